The number of likely N-dealkylation sites (tertiary alicyclic amines) is 1. The number of amides is 1. The zero-order valence-corrected chi connectivity index (χ0v) is 16.4. The Morgan fingerprint density at radius 3 is 2.73 bits per heavy atom. The van der Waals surface area contributed by atoms with Crippen molar-refractivity contribution >= 4 is 11.7 Å². The largest absolute Gasteiger partial charge is 0.363 e. The minimum atomic E-state index is -0.0460. The third kappa shape index (κ3) is 3.89. The molecule has 6 nitrogen and oxygen atoms in total. The summed E-state index contributed by atoms with van der Waals surface area (Å²) in [7, 11) is 3.99. The highest BCUT2D eigenvalue weighted by atomic mass is 16.2. The van der Waals surface area contributed by atoms with Crippen molar-refractivity contribution in [2.24, 2.45) is 0 Å². The van der Waals surface area contributed by atoms with E-state index < -0.39 is 0 Å². The van der Waals surface area contributed by atoms with Crippen molar-refractivity contribution in [2.45, 2.75) is 44.9 Å². The molecule has 0 saturated carbocycles. The zero-order chi connectivity index (χ0) is 18.9. The fourth-order valence-electron chi connectivity index (χ4n) is 3.34. The van der Waals surface area contributed by atoms with E-state index in [0.717, 1.165) is 37.4 Å². The number of carbonyl (C=O) groups is 1. The van der Waals surface area contributed by atoms with Gasteiger partial charge in [0.15, 0.2) is 0 Å². The Morgan fingerprint density at radius 2 is 2.08 bits per heavy atom. The zero-order valence-electron chi connectivity index (χ0n) is 16.4. The van der Waals surface area contributed by atoms with Crippen LogP contribution in [0.15, 0.2) is 24.4 Å². The number of carbonyl (C=O) groups excluding carboxylic acids is 1. The number of nitrogens with one attached hydrogen (secondary N) is 1. The summed E-state index contributed by atoms with van der Waals surface area (Å²) in [6.07, 6.45) is 3.95. The Balaban J connectivity index is 1.75. The molecule has 0 spiro atoms. The number of aromatic nitrogens is 3. The molecule has 1 amide bonds. The van der Waals surface area contributed by atoms with Crippen molar-refractivity contribution in [3.63, 3.8) is 0 Å². The summed E-state index contributed by atoms with van der Waals surface area (Å²) >= 11 is 0. The van der Waals surface area contributed by atoms with E-state index in [1.165, 1.54) is 5.56 Å². The molecule has 1 aliphatic rings. The quantitative estimate of drug-likeness (QED) is 0.918. The van der Waals surface area contributed by atoms with Gasteiger partial charge in [-0.3, -0.25) is 9.89 Å². The molecule has 0 aromatic carbocycles. The van der Waals surface area contributed by atoms with Crippen molar-refractivity contribution in [2.75, 3.05) is 32.1 Å². The SMILES string of the molecule is CN(C)c1cc([C@@H]2CCCN(C(=O)c3cc(C(C)(C)C)[nH]n3)C2)ccn1. The Hall–Kier alpha value is -2.37. The van der Waals surface area contributed by atoms with Gasteiger partial charge in [0.05, 0.1) is 0 Å². The Labute approximate surface area is 155 Å². The molecule has 0 aliphatic carbocycles. The van der Waals surface area contributed by atoms with Gasteiger partial charge < -0.3 is 9.80 Å². The Bertz CT molecular complexity index is 775. The van der Waals surface area contributed by atoms with Crippen LogP contribution in [-0.4, -0.2) is 53.2 Å². The minimum absolute atomic E-state index is 0.0170. The summed E-state index contributed by atoms with van der Waals surface area (Å²) < 4.78 is 0. The predicted octanol–water partition coefficient (Wildman–Crippen LogP) is 3.19. The van der Waals surface area contributed by atoms with Crippen LogP contribution in [-0.2, 0) is 5.41 Å². The van der Waals surface area contributed by atoms with Crippen molar-refractivity contribution in [3.8, 4) is 0 Å². The van der Waals surface area contributed by atoms with Crippen LogP contribution in [0.25, 0.3) is 0 Å². The van der Waals surface area contributed by atoms with Crippen LogP contribution in [0.5, 0.6) is 0 Å². The normalized spacial score (nSPS) is 18.0. The van der Waals surface area contributed by atoms with Gasteiger partial charge in [-0.05, 0) is 36.6 Å². The molecule has 1 atom stereocenters. The van der Waals surface area contributed by atoms with Crippen LogP contribution < -0.4 is 4.90 Å². The standard InChI is InChI=1S/C20H29N5O/c1-20(2,3)17-12-16(22-23-17)19(26)25-10-6-7-15(13-25)14-8-9-21-18(11-14)24(4)5/h8-9,11-12,15H,6-7,10,13H2,1-5H3,(H,22,23)/t15-/m1/s1. The molecule has 6 heteroatoms. The maximum atomic E-state index is 12.9. The van der Waals surface area contributed by atoms with Gasteiger partial charge >= 0.3 is 0 Å². The smallest absolute Gasteiger partial charge is 0.274 e. The fourth-order valence-corrected chi connectivity index (χ4v) is 3.34. The first-order valence-corrected chi connectivity index (χ1v) is 9.24. The molecule has 0 bridgehead atoms. The topological polar surface area (TPSA) is 65.1 Å². The van der Waals surface area contributed by atoms with Crippen molar-refractivity contribution in [1.29, 1.82) is 0 Å². The summed E-state index contributed by atoms with van der Waals surface area (Å²) in [6, 6.07) is 6.09. The first-order valence-electron chi connectivity index (χ1n) is 9.24. The molecule has 0 unspecified atom stereocenters. The second kappa shape index (κ2) is 7.09. The summed E-state index contributed by atoms with van der Waals surface area (Å²) in [5.74, 6) is 1.31. The van der Waals surface area contributed by atoms with Gasteiger partial charge in [0, 0.05) is 50.4 Å². The molecule has 3 heterocycles. The number of piperidine rings is 1. The number of nitrogens with zero attached hydrogens (tertiary/aromatic N) is 4. The van der Waals surface area contributed by atoms with Crippen LogP contribution in [0.4, 0.5) is 5.82 Å². The van der Waals surface area contributed by atoms with Gasteiger partial charge in [-0.15, -0.1) is 0 Å². The van der Waals surface area contributed by atoms with Gasteiger partial charge in [0.1, 0.15) is 11.5 Å². The Morgan fingerprint density at radius 1 is 1.31 bits per heavy atom. The second-order valence-corrected chi connectivity index (χ2v) is 8.35. The minimum Gasteiger partial charge on any atom is -0.363 e. The highest BCUT2D eigenvalue weighted by molar-refractivity contribution is 5.92. The molecule has 0 radical (unpaired) electrons. The highest BCUT2D eigenvalue weighted by Gasteiger charge is 2.28. The monoisotopic (exact) mass is 355 g/mol. The molecule has 1 fully saturated rings. The summed E-state index contributed by atoms with van der Waals surface area (Å²) in [5.41, 5.74) is 2.70. The summed E-state index contributed by atoms with van der Waals surface area (Å²) in [6.45, 7) is 7.85. The van der Waals surface area contributed by atoms with E-state index >= 15 is 0 Å². The fraction of sp³-hybridized carbons (Fsp3) is 0.550. The van der Waals surface area contributed by atoms with E-state index in [0.29, 0.717) is 11.6 Å². The number of pyridine rings is 1. The molecular weight excluding hydrogens is 326 g/mol. The molecule has 140 valence electrons. The number of hydrogen-bond donors (Lipinski definition) is 1. The lowest BCUT2D eigenvalue weighted by molar-refractivity contribution is 0.0701. The van der Waals surface area contributed by atoms with Crippen LogP contribution >= 0.6 is 0 Å². The maximum absolute atomic E-state index is 12.9. The van der Waals surface area contributed by atoms with Crippen molar-refractivity contribution in [3.05, 3.63) is 41.3 Å². The maximum Gasteiger partial charge on any atom is 0.274 e. The number of anilines is 1. The number of rotatable bonds is 3. The predicted molar refractivity (Wildman–Crippen MR) is 104 cm³/mol. The lowest BCUT2D eigenvalue weighted by Gasteiger charge is -2.33. The highest BCUT2D eigenvalue weighted by Crippen LogP contribution is 2.29. The lowest BCUT2D eigenvalue weighted by Crippen LogP contribution is -2.39. The van der Waals surface area contributed by atoms with E-state index in [4.69, 9.17) is 0 Å². The van der Waals surface area contributed by atoms with Gasteiger partial charge in [-0.25, -0.2) is 4.98 Å². The summed E-state index contributed by atoms with van der Waals surface area (Å²) in [5, 5.41) is 7.28. The number of aromatic amines is 1. The van der Waals surface area contributed by atoms with E-state index in [9.17, 15) is 4.79 Å². The van der Waals surface area contributed by atoms with Gasteiger partial charge in [-0.2, -0.15) is 5.10 Å². The number of hydrogen-bond acceptors (Lipinski definition) is 4. The van der Waals surface area contributed by atoms with Crippen LogP contribution in [0, 0.1) is 0 Å². The first kappa shape index (κ1) is 18.4. The van der Waals surface area contributed by atoms with Gasteiger partial charge in [0.2, 0.25) is 0 Å². The third-order valence-electron chi connectivity index (χ3n) is 5.01. The van der Waals surface area contributed by atoms with Crippen LogP contribution in [0.3, 0.4) is 0 Å². The van der Waals surface area contributed by atoms with Crippen LogP contribution in [0.1, 0.15) is 61.3 Å². The molecular formula is C20H29N5O. The van der Waals surface area contributed by atoms with E-state index in [-0.39, 0.29) is 11.3 Å². The van der Waals surface area contributed by atoms with Crippen LogP contribution in [0.2, 0.25) is 0 Å². The van der Waals surface area contributed by atoms with E-state index in [1.807, 2.05) is 36.2 Å². The molecule has 2 aromatic heterocycles. The lowest BCUT2D eigenvalue weighted by atomic mass is 9.90. The molecule has 2 aromatic rings. The average Bonchev–Trinajstić information content (AvgIpc) is 3.12. The molecule has 1 saturated heterocycles. The van der Waals surface area contributed by atoms with Crippen molar-refractivity contribution in [1.82, 2.24) is 20.1 Å². The van der Waals surface area contributed by atoms with E-state index in [1.54, 1.807) is 0 Å². The molecule has 1 N–H and O–H groups in total. The van der Waals surface area contributed by atoms with E-state index in [2.05, 4.69) is 48.1 Å². The average molecular weight is 355 g/mol. The first-order chi connectivity index (χ1) is 12.3. The van der Waals surface area contributed by atoms with Crippen molar-refractivity contribution < 1.29 is 4.79 Å². The Kier molecular flexibility index (Phi) is 5.03. The molecule has 26 heavy (non-hydrogen) atoms. The second-order valence-electron chi connectivity index (χ2n) is 8.35. The molecule has 1 aliphatic heterocycles. The number of H-pyrrole nitrogens is 1. The molecule has 3 rings (SSSR count). The summed E-state index contributed by atoms with van der Waals surface area (Å²) in [4.78, 5) is 21.3. The third-order valence-corrected chi connectivity index (χ3v) is 5.01. The van der Waals surface area contributed by atoms with Gasteiger partial charge in [-0.1, -0.05) is 20.8 Å². The van der Waals surface area contributed by atoms with Gasteiger partial charge in [0.25, 0.3) is 5.91 Å².